The van der Waals surface area contributed by atoms with E-state index in [-0.39, 0.29) is 35.2 Å². The van der Waals surface area contributed by atoms with E-state index in [1.54, 1.807) is 12.1 Å². The Bertz CT molecular complexity index is 2370. The van der Waals surface area contributed by atoms with Crippen molar-refractivity contribution < 1.29 is 18.6 Å². The molecule has 0 radical (unpaired) electrons. The van der Waals surface area contributed by atoms with Crippen LogP contribution in [0, 0.1) is 0 Å². The van der Waals surface area contributed by atoms with Crippen molar-refractivity contribution in [3.8, 4) is 0 Å². The van der Waals surface area contributed by atoms with E-state index < -0.39 is 0 Å². The number of amides is 2. The van der Waals surface area contributed by atoms with Crippen molar-refractivity contribution in [1.29, 1.82) is 0 Å². The van der Waals surface area contributed by atoms with Crippen LogP contribution in [0.3, 0.4) is 0 Å². The van der Waals surface area contributed by atoms with Gasteiger partial charge in [0, 0.05) is 62.6 Å². The highest BCUT2D eigenvalue weighted by Crippen LogP contribution is 2.18. The maximum atomic E-state index is 12.1. The topological polar surface area (TPSA) is 255 Å². The van der Waals surface area contributed by atoms with Gasteiger partial charge < -0.3 is 30.3 Å². The number of H-pyrrole nitrogens is 2. The molecule has 6 N–H and O–H groups in total. The fourth-order valence-corrected chi connectivity index (χ4v) is 6.31. The number of aromatic amines is 2. The average molecular weight is 816 g/mol. The quantitative estimate of drug-likeness (QED) is 0.0508. The SMILES string of the molecule is O=C(CCc1nc(CCl)no1)NCCCNc1n[nH]c(=O)c2ccccc12.O=C(CCc1nc(CN2CCCC2)no1)NCCCNc1n[nH]c(=O)c2ccccc12. The maximum Gasteiger partial charge on any atom is 0.272 e. The van der Waals surface area contributed by atoms with Crippen molar-refractivity contribution in [2.24, 2.45) is 0 Å². The third-order valence-electron chi connectivity index (χ3n) is 9.16. The molecule has 0 spiro atoms. The molecule has 2 amide bonds. The van der Waals surface area contributed by atoms with E-state index in [9.17, 15) is 19.2 Å². The average Bonchev–Trinajstić information content (AvgIpc) is 4.05. The van der Waals surface area contributed by atoms with E-state index in [1.165, 1.54) is 12.8 Å². The third-order valence-corrected chi connectivity index (χ3v) is 9.40. The maximum absolute atomic E-state index is 12.1. The lowest BCUT2D eigenvalue weighted by Crippen LogP contribution is -2.26. The molecule has 0 atom stereocenters. The molecule has 7 rings (SSSR count). The van der Waals surface area contributed by atoms with Gasteiger partial charge in [-0.2, -0.15) is 20.2 Å². The van der Waals surface area contributed by atoms with Gasteiger partial charge in [-0.15, -0.1) is 11.6 Å². The van der Waals surface area contributed by atoms with Gasteiger partial charge in [0.2, 0.25) is 23.6 Å². The molecule has 5 heterocycles. The zero-order valence-electron chi connectivity index (χ0n) is 31.9. The van der Waals surface area contributed by atoms with E-state index in [4.69, 9.17) is 20.6 Å². The number of carbonyl (C=O) groups is 2. The summed E-state index contributed by atoms with van der Waals surface area (Å²) < 4.78 is 10.2. The minimum atomic E-state index is -0.220. The molecule has 4 aromatic heterocycles. The Labute approximate surface area is 337 Å². The molecule has 0 unspecified atom stereocenters. The van der Waals surface area contributed by atoms with Gasteiger partial charge in [-0.1, -0.05) is 46.7 Å². The van der Waals surface area contributed by atoms with Crippen molar-refractivity contribution in [2.75, 3.05) is 49.9 Å². The van der Waals surface area contributed by atoms with Gasteiger partial charge in [-0.3, -0.25) is 24.1 Å². The third kappa shape index (κ3) is 12.1. The second kappa shape index (κ2) is 21.4. The molecule has 0 aliphatic carbocycles. The van der Waals surface area contributed by atoms with Gasteiger partial charge in [0.1, 0.15) is 0 Å². The van der Waals surface area contributed by atoms with Crippen LogP contribution >= 0.6 is 11.6 Å². The first kappa shape index (κ1) is 41.4. The second-order valence-corrected chi connectivity index (χ2v) is 13.7. The number of alkyl halides is 1. The molecule has 1 aliphatic heterocycles. The number of fused-ring (bicyclic) bond motifs is 2. The molecule has 0 bridgehead atoms. The molecule has 1 aliphatic rings. The van der Waals surface area contributed by atoms with Gasteiger partial charge in [0.25, 0.3) is 11.1 Å². The molecule has 306 valence electrons. The zero-order chi connectivity index (χ0) is 40.5. The molecule has 6 aromatic rings. The van der Waals surface area contributed by atoms with Crippen LogP contribution in [-0.4, -0.2) is 96.7 Å². The highest BCUT2D eigenvalue weighted by Gasteiger charge is 2.16. The van der Waals surface area contributed by atoms with Crippen LogP contribution in [-0.2, 0) is 34.9 Å². The number of benzene rings is 2. The summed E-state index contributed by atoms with van der Waals surface area (Å²) in [5, 5.41) is 35.6. The van der Waals surface area contributed by atoms with Gasteiger partial charge >= 0.3 is 0 Å². The Hall–Kier alpha value is -6.21. The number of hydrogen-bond donors (Lipinski definition) is 6. The molecule has 1 saturated heterocycles. The summed E-state index contributed by atoms with van der Waals surface area (Å²) >= 11 is 5.59. The van der Waals surface area contributed by atoms with Crippen LogP contribution in [0.1, 0.15) is 62.0 Å². The number of likely N-dealkylation sites (tertiary alicyclic amines) is 1. The van der Waals surface area contributed by atoms with Crippen LogP contribution < -0.4 is 32.4 Å². The Morgan fingerprint density at radius 2 is 1.14 bits per heavy atom. The summed E-state index contributed by atoms with van der Waals surface area (Å²) in [5.74, 6) is 3.29. The lowest BCUT2D eigenvalue weighted by atomic mass is 10.2. The van der Waals surface area contributed by atoms with E-state index in [2.05, 4.69) is 66.8 Å². The number of aromatic nitrogens is 8. The second-order valence-electron chi connectivity index (χ2n) is 13.5. The Kier molecular flexibility index (Phi) is 15.3. The van der Waals surface area contributed by atoms with Crippen LogP contribution in [0.15, 0.2) is 67.2 Å². The van der Waals surface area contributed by atoms with Crippen molar-refractivity contribution in [1.82, 2.24) is 56.2 Å². The molecule has 0 saturated carbocycles. The van der Waals surface area contributed by atoms with Crippen LogP contribution in [0.2, 0.25) is 0 Å². The minimum Gasteiger partial charge on any atom is -0.368 e. The summed E-state index contributed by atoms with van der Waals surface area (Å²) in [5.41, 5.74) is -0.430. The molecule has 2 aromatic carbocycles. The highest BCUT2D eigenvalue weighted by atomic mass is 35.5. The van der Waals surface area contributed by atoms with Crippen molar-refractivity contribution in [2.45, 2.75) is 63.8 Å². The highest BCUT2D eigenvalue weighted by molar-refractivity contribution is 6.16. The number of aryl methyl sites for hydroxylation is 2. The van der Waals surface area contributed by atoms with E-state index >= 15 is 0 Å². The molecular weight excluding hydrogens is 770 g/mol. The number of carbonyl (C=O) groups excluding carboxylic acids is 2. The summed E-state index contributed by atoms with van der Waals surface area (Å²) in [4.78, 5) is 58.2. The number of halogens is 1. The minimum absolute atomic E-state index is 0.0492. The largest absolute Gasteiger partial charge is 0.368 e. The first-order valence-corrected chi connectivity index (χ1v) is 19.8. The summed E-state index contributed by atoms with van der Waals surface area (Å²) in [6, 6.07) is 14.6. The summed E-state index contributed by atoms with van der Waals surface area (Å²) in [6.07, 6.45) is 5.26. The van der Waals surface area contributed by atoms with Gasteiger partial charge in [0.15, 0.2) is 23.3 Å². The van der Waals surface area contributed by atoms with E-state index in [0.29, 0.717) is 104 Å². The fraction of sp³-hybridized carbons (Fsp3) is 0.421. The number of anilines is 2. The lowest BCUT2D eigenvalue weighted by molar-refractivity contribution is -0.121. The summed E-state index contributed by atoms with van der Waals surface area (Å²) in [6.45, 7) is 5.15. The van der Waals surface area contributed by atoms with Gasteiger partial charge in [-0.05, 0) is 50.9 Å². The van der Waals surface area contributed by atoms with Crippen LogP contribution in [0.4, 0.5) is 11.6 Å². The first-order chi connectivity index (χ1) is 28.4. The first-order valence-electron chi connectivity index (χ1n) is 19.2. The Morgan fingerprint density at radius 1 is 0.672 bits per heavy atom. The van der Waals surface area contributed by atoms with Crippen LogP contribution in [0.25, 0.3) is 21.5 Å². The molecular formula is C38H46ClN13O6. The predicted octanol–water partition coefficient (Wildman–Crippen LogP) is 3.05. The standard InChI is InChI=1S/C21H27N7O3.C17H19ClN6O3/c29-18(8-9-19-24-17(27-31-19)14-28-12-3-4-13-28)22-10-5-11-23-20-15-6-1-2-7-16(15)21(30)26-25-20;18-10-13-21-15(27-24-13)7-6-14(25)19-8-3-9-20-16-11-4-1-2-5-12(11)17(26)23-22-16/h1-2,6-7H,3-5,8-14H2,(H,22,29)(H,23,25)(H,26,30);1-2,4-5H,3,6-10H2,(H,19,25)(H,20,22)(H,23,26). The van der Waals surface area contributed by atoms with Gasteiger partial charge in [-0.25, -0.2) is 10.2 Å². The Balaban J connectivity index is 0.000000198. The normalized spacial score (nSPS) is 12.6. The number of rotatable bonds is 19. The van der Waals surface area contributed by atoms with Crippen molar-refractivity contribution in [3.63, 3.8) is 0 Å². The fourth-order valence-electron chi connectivity index (χ4n) is 6.21. The molecule has 19 nitrogen and oxygen atoms in total. The smallest absolute Gasteiger partial charge is 0.272 e. The predicted molar refractivity (Wildman–Crippen MR) is 216 cm³/mol. The molecule has 58 heavy (non-hydrogen) atoms. The van der Waals surface area contributed by atoms with E-state index in [0.717, 1.165) is 30.3 Å². The Morgan fingerprint density at radius 3 is 1.62 bits per heavy atom. The summed E-state index contributed by atoms with van der Waals surface area (Å²) in [7, 11) is 0. The van der Waals surface area contributed by atoms with Crippen molar-refractivity contribution in [3.05, 3.63) is 92.7 Å². The molecule has 1 fully saturated rings. The zero-order valence-corrected chi connectivity index (χ0v) is 32.6. The van der Waals surface area contributed by atoms with Gasteiger partial charge in [0.05, 0.1) is 23.2 Å². The van der Waals surface area contributed by atoms with E-state index in [1.807, 2.05) is 36.4 Å². The van der Waals surface area contributed by atoms with Crippen LogP contribution in [0.5, 0.6) is 0 Å². The lowest BCUT2D eigenvalue weighted by Gasteiger charge is -2.10. The number of nitrogens with one attached hydrogen (secondary N) is 6. The number of nitrogens with zero attached hydrogens (tertiary/aromatic N) is 7. The number of hydrogen-bond acceptors (Lipinski definition) is 15. The monoisotopic (exact) mass is 815 g/mol. The van der Waals surface area contributed by atoms with Crippen molar-refractivity contribution >= 4 is 56.6 Å². The molecule has 20 heteroatoms.